The normalized spacial score (nSPS) is 28.4. The predicted molar refractivity (Wildman–Crippen MR) is 140 cm³/mol. The summed E-state index contributed by atoms with van der Waals surface area (Å²) in [6.07, 6.45) is -7.12. The van der Waals surface area contributed by atoms with Crippen molar-refractivity contribution in [2.24, 2.45) is 0 Å². The summed E-state index contributed by atoms with van der Waals surface area (Å²) in [4.78, 5) is 71.4. The molecule has 2 fully saturated rings. The van der Waals surface area contributed by atoms with Crippen molar-refractivity contribution in [3.05, 3.63) is 45.8 Å². The Bertz CT molecular complexity index is 1680. The van der Waals surface area contributed by atoms with Gasteiger partial charge in [-0.25, -0.2) is 23.9 Å². The van der Waals surface area contributed by atoms with Crippen molar-refractivity contribution in [1.82, 2.24) is 29.1 Å². The van der Waals surface area contributed by atoms with Gasteiger partial charge in [0.05, 0.1) is 25.9 Å². The minimum atomic E-state index is -4.74. The van der Waals surface area contributed by atoms with Gasteiger partial charge in [0.15, 0.2) is 23.6 Å². The third-order valence-electron chi connectivity index (χ3n) is 6.25. The van der Waals surface area contributed by atoms with Gasteiger partial charge in [-0.2, -0.15) is 4.98 Å². The molecule has 0 saturated carbocycles. The number of phosphoric ester groups is 2. The number of rotatable bonds is 8. The fourth-order valence-corrected chi connectivity index (χ4v) is 4.89. The van der Waals surface area contributed by atoms with Crippen molar-refractivity contribution in [2.75, 3.05) is 18.9 Å². The molecule has 0 unspecified atom stereocenters. The van der Waals surface area contributed by atoms with E-state index in [4.69, 9.17) is 34.8 Å². The standard InChI is InChI=1S/C10H13N4O8P.C9H14N3O8P.Na.H/c15-6-4(1-21-23(18,19)20)22-10(7(6)16)14-3-13-5-8(14)11-2-12-9(5)17;10-5-1-2-12(9(15)11-5)8-7(14)6(13)4(20-8)3-19-21(16,17)18;;/h2-4,6-7,10,15-16H,1H2,(H,11,12,17)(H2,18,19,20);1-2,4,6-8,13-14H,3H2,(H2,10,11,15)(H2,16,17,18);;/q;;+1;-1/t4-,6-,7-,10-;4-,6-,7-,8-;;/m11../s1. The molecule has 2 aliphatic heterocycles. The number of ether oxygens (including phenoxy) is 2. The number of H-pyrrole nitrogens is 1. The fraction of sp³-hybridized carbons (Fsp3) is 0.526. The van der Waals surface area contributed by atoms with E-state index in [1.807, 2.05) is 0 Å². The summed E-state index contributed by atoms with van der Waals surface area (Å²) in [5.74, 6) is -0.0225. The first-order valence-electron chi connectivity index (χ1n) is 12.1. The van der Waals surface area contributed by atoms with Crippen LogP contribution in [0.1, 0.15) is 13.9 Å². The molecule has 0 bridgehead atoms. The van der Waals surface area contributed by atoms with E-state index in [0.717, 1.165) is 10.9 Å². The summed E-state index contributed by atoms with van der Waals surface area (Å²) in [5, 5.41) is 39.6. The summed E-state index contributed by atoms with van der Waals surface area (Å²) in [7, 11) is -9.48. The number of hydrogen-bond donors (Lipinski definition) is 10. The Labute approximate surface area is 273 Å². The second-order valence-electron chi connectivity index (χ2n) is 9.26. The Morgan fingerprint density at radius 3 is 1.89 bits per heavy atom. The summed E-state index contributed by atoms with van der Waals surface area (Å²) in [6, 6.07) is 1.29. The van der Waals surface area contributed by atoms with Gasteiger partial charge in [-0.15, -0.1) is 0 Å². The Kier molecular flexibility index (Phi) is 12.4. The van der Waals surface area contributed by atoms with Gasteiger partial charge < -0.3 is 61.6 Å². The molecule has 0 radical (unpaired) electrons. The molecule has 0 aliphatic carbocycles. The zero-order valence-corrected chi connectivity index (χ0v) is 26.7. The van der Waals surface area contributed by atoms with Crippen LogP contribution in [0.5, 0.6) is 0 Å². The molecule has 23 nitrogen and oxygen atoms in total. The first kappa shape index (κ1) is 37.5. The molecular weight excluding hydrogens is 667 g/mol. The first-order valence-corrected chi connectivity index (χ1v) is 15.2. The van der Waals surface area contributed by atoms with Gasteiger partial charge in [0, 0.05) is 6.20 Å². The number of phosphoric acid groups is 2. The smallest absolute Gasteiger partial charge is 1.00 e. The van der Waals surface area contributed by atoms with Crippen molar-refractivity contribution in [3.8, 4) is 0 Å². The SMILES string of the molecule is Nc1ccn([C@@H]2O[C@H](COP(=O)(O)O)[C@@H](O)[C@H]2O)c(=O)n1.O=c1[nH]cnc2c1ncn2[C@@H]1O[C@H](COP(=O)(O)O)[C@@H](O)[C@H]1O.[H-].[Na+]. The molecule has 45 heavy (non-hydrogen) atoms. The van der Waals surface area contributed by atoms with E-state index in [0.29, 0.717) is 0 Å². The Balaban J connectivity index is 0.000000308. The van der Waals surface area contributed by atoms with E-state index < -0.39 is 89.2 Å². The number of fused-ring (bicyclic) bond motifs is 1. The maximum absolute atomic E-state index is 11.6. The minimum Gasteiger partial charge on any atom is -1.00 e. The molecule has 26 heteroatoms. The topological polar surface area (TPSA) is 357 Å². The largest absolute Gasteiger partial charge is 1.00 e. The molecule has 5 heterocycles. The molecular formula is C19H28N7NaO16P2. The van der Waals surface area contributed by atoms with Gasteiger partial charge in [0.2, 0.25) is 0 Å². The summed E-state index contributed by atoms with van der Waals surface area (Å²) < 4.78 is 42.5. The third-order valence-corrected chi connectivity index (χ3v) is 7.22. The van der Waals surface area contributed by atoms with Crippen LogP contribution in [0.15, 0.2) is 34.5 Å². The number of nitrogens with one attached hydrogen (secondary N) is 1. The Hall–Kier alpha value is -1.99. The molecule has 0 amide bonds. The number of nitrogen functional groups attached to an aromatic ring is 1. The van der Waals surface area contributed by atoms with Crippen LogP contribution in [0.2, 0.25) is 0 Å². The van der Waals surface area contributed by atoms with E-state index in [2.05, 4.69) is 29.0 Å². The molecule has 3 aromatic heterocycles. The maximum atomic E-state index is 11.6. The van der Waals surface area contributed by atoms with Gasteiger partial charge in [-0.3, -0.25) is 23.0 Å². The zero-order chi connectivity index (χ0) is 32.6. The van der Waals surface area contributed by atoms with E-state index >= 15 is 0 Å². The van der Waals surface area contributed by atoms with E-state index in [-0.39, 0.29) is 48.0 Å². The van der Waals surface area contributed by atoms with Crippen molar-refractivity contribution in [3.63, 3.8) is 0 Å². The van der Waals surface area contributed by atoms with Crippen LogP contribution < -0.4 is 46.5 Å². The molecule has 5 rings (SSSR count). The van der Waals surface area contributed by atoms with Gasteiger partial charge >= 0.3 is 50.9 Å². The van der Waals surface area contributed by atoms with Crippen LogP contribution in [-0.2, 0) is 27.7 Å². The first-order chi connectivity index (χ1) is 20.5. The number of nitrogens with zero attached hydrogens (tertiary/aromatic N) is 5. The van der Waals surface area contributed by atoms with Crippen LogP contribution in [-0.4, -0.2) is 119 Å². The van der Waals surface area contributed by atoms with Crippen LogP contribution in [0.25, 0.3) is 11.2 Å². The molecule has 0 spiro atoms. The minimum absolute atomic E-state index is 0. The molecule has 2 aliphatic rings. The van der Waals surface area contributed by atoms with Crippen molar-refractivity contribution in [1.29, 1.82) is 0 Å². The molecule has 246 valence electrons. The van der Waals surface area contributed by atoms with E-state index in [1.54, 1.807) is 0 Å². The molecule has 0 aromatic carbocycles. The fourth-order valence-electron chi connectivity index (χ4n) is 4.20. The predicted octanol–water partition coefficient (Wildman–Crippen LogP) is -7.48. The Morgan fingerprint density at radius 2 is 1.40 bits per heavy atom. The van der Waals surface area contributed by atoms with Crippen LogP contribution in [0.4, 0.5) is 5.82 Å². The third kappa shape index (κ3) is 9.09. The second kappa shape index (κ2) is 14.8. The van der Waals surface area contributed by atoms with E-state index in [9.17, 15) is 39.1 Å². The average molecular weight is 695 g/mol. The van der Waals surface area contributed by atoms with Crippen molar-refractivity contribution < 1.29 is 98.6 Å². The molecule has 11 N–H and O–H groups in total. The Morgan fingerprint density at radius 1 is 0.889 bits per heavy atom. The molecule has 2 saturated heterocycles. The van der Waals surface area contributed by atoms with Crippen LogP contribution in [0, 0.1) is 0 Å². The van der Waals surface area contributed by atoms with Crippen LogP contribution >= 0.6 is 15.6 Å². The number of imidazole rings is 1. The van der Waals surface area contributed by atoms with E-state index in [1.165, 1.54) is 23.2 Å². The number of anilines is 1. The average Bonchev–Trinajstić information content (AvgIpc) is 3.57. The quantitative estimate of drug-likeness (QED) is 0.0772. The maximum Gasteiger partial charge on any atom is 1.00 e. The number of aromatic nitrogens is 6. The van der Waals surface area contributed by atoms with Crippen molar-refractivity contribution in [2.45, 2.75) is 49.1 Å². The van der Waals surface area contributed by atoms with Crippen LogP contribution in [0.3, 0.4) is 0 Å². The molecule has 8 atom stereocenters. The number of aliphatic hydroxyl groups excluding tert-OH is 4. The van der Waals surface area contributed by atoms with Gasteiger partial charge in [-0.05, 0) is 6.07 Å². The van der Waals surface area contributed by atoms with Gasteiger partial charge in [0.1, 0.15) is 42.4 Å². The number of aromatic amines is 1. The second-order valence-corrected chi connectivity index (χ2v) is 11.7. The zero-order valence-electron chi connectivity index (χ0n) is 23.9. The number of hydrogen-bond acceptors (Lipinski definition) is 16. The van der Waals surface area contributed by atoms with Gasteiger partial charge in [-0.1, -0.05) is 0 Å². The van der Waals surface area contributed by atoms with Crippen molar-refractivity contribution >= 4 is 32.6 Å². The summed E-state index contributed by atoms with van der Waals surface area (Å²) in [5.41, 5.74) is 4.19. The number of nitrogens with two attached hydrogens (primary N) is 1. The molecule has 3 aromatic rings. The van der Waals surface area contributed by atoms with Gasteiger partial charge in [0.25, 0.3) is 5.56 Å². The summed E-state index contributed by atoms with van der Waals surface area (Å²) in [6.45, 7) is -1.28. The number of aliphatic hydroxyl groups is 4. The monoisotopic (exact) mass is 695 g/mol. The summed E-state index contributed by atoms with van der Waals surface area (Å²) >= 11 is 0.